The highest BCUT2D eigenvalue weighted by atomic mass is 79.9. The molecule has 3 aromatic carbocycles. The van der Waals surface area contributed by atoms with Crippen LogP contribution in [0.2, 0.25) is 0 Å². The van der Waals surface area contributed by atoms with E-state index in [9.17, 15) is 27.2 Å². The minimum Gasteiger partial charge on any atom is -0.461 e. The molecule has 1 saturated carbocycles. The Balaban J connectivity index is 1.44. The number of nitrogens with one attached hydrogen (secondary N) is 1. The van der Waals surface area contributed by atoms with E-state index in [1.54, 1.807) is 0 Å². The second-order valence-electron chi connectivity index (χ2n) is 11.5. The van der Waals surface area contributed by atoms with Gasteiger partial charge in [-0.05, 0) is 73.1 Å². The lowest BCUT2D eigenvalue weighted by atomic mass is 9.67. The number of carbonyl (C=O) groups excluding carboxylic acids is 2. The first-order valence-electron chi connectivity index (χ1n) is 14.9. The zero-order valence-corrected chi connectivity index (χ0v) is 26.0. The van der Waals surface area contributed by atoms with Crippen LogP contribution in [0.1, 0.15) is 48.3 Å². The van der Waals surface area contributed by atoms with Gasteiger partial charge in [0.1, 0.15) is 12.4 Å². The molecular weight excluding hydrogens is 658 g/mol. The molecule has 0 spiro atoms. The number of amides is 1. The van der Waals surface area contributed by atoms with Gasteiger partial charge in [-0.15, -0.1) is 0 Å². The van der Waals surface area contributed by atoms with Crippen LogP contribution < -0.4 is 5.32 Å². The summed E-state index contributed by atoms with van der Waals surface area (Å²) in [5.41, 5.74) is -0.00478. The molecule has 11 heteroatoms. The normalized spacial score (nSPS) is 22.5. The number of alkyl halides is 3. The first-order valence-corrected chi connectivity index (χ1v) is 15.7. The van der Waals surface area contributed by atoms with Crippen molar-refractivity contribution >= 4 is 33.5 Å². The summed E-state index contributed by atoms with van der Waals surface area (Å²) in [6.45, 7) is 1.76. The highest BCUT2D eigenvalue weighted by molar-refractivity contribution is 9.10. The van der Waals surface area contributed by atoms with E-state index in [1.807, 2.05) is 54.6 Å². The van der Waals surface area contributed by atoms with Gasteiger partial charge in [-0.1, -0.05) is 58.4 Å². The van der Waals surface area contributed by atoms with E-state index < -0.39 is 59.0 Å². The minimum atomic E-state index is -4.74. The molecular formula is C34H34BrF4NO5. The van der Waals surface area contributed by atoms with E-state index in [4.69, 9.17) is 14.2 Å². The summed E-state index contributed by atoms with van der Waals surface area (Å²) < 4.78 is 72.6. The zero-order valence-electron chi connectivity index (χ0n) is 24.4. The Morgan fingerprint density at radius 3 is 2.33 bits per heavy atom. The third-order valence-corrected chi connectivity index (χ3v) is 9.02. The average Bonchev–Trinajstić information content (AvgIpc) is 3.04. The van der Waals surface area contributed by atoms with Gasteiger partial charge in [0.05, 0.1) is 29.2 Å². The van der Waals surface area contributed by atoms with Gasteiger partial charge in [0, 0.05) is 30.2 Å². The molecule has 1 heterocycles. The first kappa shape index (κ1) is 33.1. The van der Waals surface area contributed by atoms with Crippen molar-refractivity contribution in [3.8, 4) is 0 Å². The second-order valence-corrected chi connectivity index (χ2v) is 12.5. The fraction of sp³-hybridized carbons (Fsp3) is 0.412. The lowest BCUT2D eigenvalue weighted by Crippen LogP contribution is -2.45. The topological polar surface area (TPSA) is 73.9 Å². The van der Waals surface area contributed by atoms with E-state index in [2.05, 4.69) is 21.2 Å². The number of halogens is 5. The molecule has 240 valence electrons. The van der Waals surface area contributed by atoms with Crippen molar-refractivity contribution in [1.82, 2.24) is 0 Å². The van der Waals surface area contributed by atoms with E-state index in [1.165, 1.54) is 0 Å². The molecule has 0 unspecified atom stereocenters. The van der Waals surface area contributed by atoms with Crippen LogP contribution in [-0.2, 0) is 36.6 Å². The standard InChI is InChI=1S/C34H34BrF4NO5/c35-25-9-6-23(7-10-25)27-17-26(44-19-22-12-14-43-15-13-22)18-28(31(27)33(42)45-20-21-4-2-1-3-5-21)32(41)40-30-11-8-24(16-29(30)36)34(37,38)39/h1-11,16,22,26-28,31H,12-15,17-20H2,(H,40,41)/t26-,27-,28-,31-/m1/s1. The van der Waals surface area contributed by atoms with Gasteiger partial charge in [-0.25, -0.2) is 4.39 Å². The number of ether oxygens (including phenoxy) is 3. The molecule has 1 saturated heterocycles. The lowest BCUT2D eigenvalue weighted by molar-refractivity contribution is -0.159. The predicted octanol–water partition coefficient (Wildman–Crippen LogP) is 7.91. The minimum absolute atomic E-state index is 0.00518. The van der Waals surface area contributed by atoms with Crippen molar-refractivity contribution in [3.05, 3.63) is 99.8 Å². The van der Waals surface area contributed by atoms with Crippen molar-refractivity contribution in [2.24, 2.45) is 17.8 Å². The Morgan fingerprint density at radius 1 is 0.956 bits per heavy atom. The number of hydrogen-bond acceptors (Lipinski definition) is 5. The predicted molar refractivity (Wildman–Crippen MR) is 163 cm³/mol. The van der Waals surface area contributed by atoms with Crippen LogP contribution in [0.15, 0.2) is 77.3 Å². The van der Waals surface area contributed by atoms with E-state index >= 15 is 0 Å². The molecule has 2 aliphatic rings. The molecule has 5 rings (SSSR count). The van der Waals surface area contributed by atoms with Crippen LogP contribution in [-0.4, -0.2) is 37.8 Å². The van der Waals surface area contributed by atoms with Crippen LogP contribution in [0.5, 0.6) is 0 Å². The summed E-state index contributed by atoms with van der Waals surface area (Å²) in [6.07, 6.45) is -2.85. The summed E-state index contributed by atoms with van der Waals surface area (Å²) in [5, 5.41) is 2.46. The molecule has 2 fully saturated rings. The average molecular weight is 693 g/mol. The largest absolute Gasteiger partial charge is 0.461 e. The maximum Gasteiger partial charge on any atom is 0.416 e. The van der Waals surface area contributed by atoms with Crippen LogP contribution in [0.3, 0.4) is 0 Å². The molecule has 0 radical (unpaired) electrons. The van der Waals surface area contributed by atoms with Gasteiger partial charge < -0.3 is 19.5 Å². The summed E-state index contributed by atoms with van der Waals surface area (Å²) in [4.78, 5) is 27.7. The van der Waals surface area contributed by atoms with Crippen LogP contribution in [0, 0.1) is 23.6 Å². The molecule has 1 N–H and O–H groups in total. The van der Waals surface area contributed by atoms with Crippen molar-refractivity contribution < 1.29 is 41.4 Å². The van der Waals surface area contributed by atoms with Crippen molar-refractivity contribution in [2.75, 3.05) is 25.1 Å². The van der Waals surface area contributed by atoms with Crippen molar-refractivity contribution in [2.45, 2.75) is 50.5 Å². The summed E-state index contributed by atoms with van der Waals surface area (Å²) in [5.74, 6) is -4.68. The van der Waals surface area contributed by atoms with Gasteiger partial charge in [0.25, 0.3) is 0 Å². The molecule has 0 aromatic heterocycles. The van der Waals surface area contributed by atoms with Gasteiger partial charge in [0.15, 0.2) is 0 Å². The number of esters is 1. The SMILES string of the molecule is O=C(OCc1ccccc1)[C@@H]1[C@@H](c2ccc(Br)cc2)C[C@@H](OCC2CCOCC2)C[C@H]1C(=O)Nc1ccc(C(F)(F)F)cc1F. The second kappa shape index (κ2) is 14.9. The van der Waals surface area contributed by atoms with E-state index in [-0.39, 0.29) is 13.0 Å². The fourth-order valence-corrected chi connectivity index (χ4v) is 6.32. The third-order valence-electron chi connectivity index (χ3n) is 8.49. The number of carbonyl (C=O) groups is 2. The molecule has 0 bridgehead atoms. The first-order chi connectivity index (χ1) is 21.6. The van der Waals surface area contributed by atoms with Crippen LogP contribution in [0.25, 0.3) is 0 Å². The number of hydrogen-bond donors (Lipinski definition) is 1. The van der Waals surface area contributed by atoms with Gasteiger partial charge in [-0.3, -0.25) is 9.59 Å². The van der Waals surface area contributed by atoms with Crippen LogP contribution in [0.4, 0.5) is 23.2 Å². The molecule has 6 nitrogen and oxygen atoms in total. The Bertz CT molecular complexity index is 1450. The molecule has 1 amide bonds. The lowest BCUT2D eigenvalue weighted by Gasteiger charge is -2.40. The Morgan fingerprint density at radius 2 is 1.67 bits per heavy atom. The van der Waals surface area contributed by atoms with Crippen LogP contribution >= 0.6 is 15.9 Å². The van der Waals surface area contributed by atoms with Gasteiger partial charge in [-0.2, -0.15) is 13.2 Å². The zero-order chi connectivity index (χ0) is 32.0. The number of benzene rings is 3. The highest BCUT2D eigenvalue weighted by Gasteiger charge is 2.47. The number of rotatable bonds is 9. The maximum absolute atomic E-state index is 14.8. The Kier molecular flexibility index (Phi) is 10.9. The summed E-state index contributed by atoms with van der Waals surface area (Å²) in [7, 11) is 0. The maximum atomic E-state index is 14.8. The Labute approximate surface area is 267 Å². The Hall–Kier alpha value is -3.28. The summed E-state index contributed by atoms with van der Waals surface area (Å²) in [6, 6.07) is 18.5. The number of anilines is 1. The van der Waals surface area contributed by atoms with Crippen molar-refractivity contribution in [1.29, 1.82) is 0 Å². The van der Waals surface area contributed by atoms with Gasteiger partial charge >= 0.3 is 12.1 Å². The molecule has 1 aliphatic carbocycles. The molecule has 1 aliphatic heterocycles. The third kappa shape index (κ3) is 8.71. The smallest absolute Gasteiger partial charge is 0.416 e. The summed E-state index contributed by atoms with van der Waals surface area (Å²) >= 11 is 3.44. The van der Waals surface area contributed by atoms with E-state index in [0.29, 0.717) is 44.3 Å². The highest BCUT2D eigenvalue weighted by Crippen LogP contribution is 2.44. The monoisotopic (exact) mass is 691 g/mol. The molecule has 3 aromatic rings. The quantitative estimate of drug-likeness (QED) is 0.182. The fourth-order valence-electron chi connectivity index (χ4n) is 6.05. The van der Waals surface area contributed by atoms with Crippen molar-refractivity contribution in [3.63, 3.8) is 0 Å². The molecule has 4 atom stereocenters. The molecule has 45 heavy (non-hydrogen) atoms. The van der Waals surface area contributed by atoms with Gasteiger partial charge in [0.2, 0.25) is 5.91 Å². The van der Waals surface area contributed by atoms with E-state index in [0.717, 1.165) is 34.5 Å².